The molecule has 0 saturated heterocycles. The summed E-state index contributed by atoms with van der Waals surface area (Å²) in [6, 6.07) is 5.53. The fraction of sp³-hybridized carbons (Fsp3) is 0.250. The van der Waals surface area contributed by atoms with Crippen molar-refractivity contribution >= 4 is 17.2 Å². The van der Waals surface area contributed by atoms with E-state index < -0.39 is 0 Å². The predicted molar refractivity (Wildman–Crippen MR) is 66.6 cm³/mol. The smallest absolute Gasteiger partial charge is 0.165 e. The van der Waals surface area contributed by atoms with Crippen LogP contribution >= 0.6 is 11.6 Å². The van der Waals surface area contributed by atoms with Gasteiger partial charge >= 0.3 is 0 Å². The molecule has 0 aliphatic carbocycles. The van der Waals surface area contributed by atoms with Crippen molar-refractivity contribution in [3.05, 3.63) is 47.0 Å². The van der Waals surface area contributed by atoms with Crippen molar-refractivity contribution in [3.63, 3.8) is 0 Å². The average molecular weight is 263 g/mol. The topological polar surface area (TPSA) is 56.2 Å². The third-order valence-corrected chi connectivity index (χ3v) is 2.96. The lowest BCUT2D eigenvalue weighted by molar-refractivity contribution is 0.505. The zero-order chi connectivity index (χ0) is 12.5. The lowest BCUT2D eigenvalue weighted by Crippen LogP contribution is -2.02. The van der Waals surface area contributed by atoms with Gasteiger partial charge in [0.2, 0.25) is 0 Å². The quantitative estimate of drug-likeness (QED) is 0.681. The molecule has 6 heteroatoms. The number of fused-ring (bicyclic) bond motifs is 1. The Morgan fingerprint density at radius 3 is 3.00 bits per heavy atom. The molecule has 0 bridgehead atoms. The zero-order valence-corrected chi connectivity index (χ0v) is 10.6. The van der Waals surface area contributed by atoms with Crippen molar-refractivity contribution in [1.82, 2.24) is 19.6 Å². The molecule has 18 heavy (non-hydrogen) atoms. The molecule has 92 valence electrons. The van der Waals surface area contributed by atoms with Crippen LogP contribution in [-0.4, -0.2) is 19.6 Å². The second-order valence-electron chi connectivity index (χ2n) is 4.02. The molecule has 5 nitrogen and oxygen atoms in total. The predicted octanol–water partition coefficient (Wildman–Crippen LogP) is 2.46. The van der Waals surface area contributed by atoms with Crippen molar-refractivity contribution in [1.29, 1.82) is 0 Å². The average Bonchev–Trinajstić information content (AvgIpc) is 2.94. The lowest BCUT2D eigenvalue weighted by Gasteiger charge is -2.02. The van der Waals surface area contributed by atoms with Crippen LogP contribution in [0.4, 0.5) is 0 Å². The number of rotatable bonds is 3. The molecule has 0 fully saturated rings. The fourth-order valence-corrected chi connectivity index (χ4v) is 2.19. The standard InChI is InChI=1S/C12H11ClN4O/c1-8-14-10(13)7-12-16-15-11(17(8)12)5-4-9-3-2-6-18-9/h2-3,6-7H,4-5H2,1H3. The Hall–Kier alpha value is -1.88. The maximum Gasteiger partial charge on any atom is 0.165 e. The molecule has 0 saturated carbocycles. The van der Waals surface area contributed by atoms with Gasteiger partial charge in [-0.1, -0.05) is 11.6 Å². The van der Waals surface area contributed by atoms with Gasteiger partial charge in [0.25, 0.3) is 0 Å². The van der Waals surface area contributed by atoms with E-state index in [9.17, 15) is 0 Å². The molecule has 3 heterocycles. The molecule has 3 aromatic heterocycles. The van der Waals surface area contributed by atoms with Gasteiger partial charge in [-0.2, -0.15) is 0 Å². The molecule has 0 spiro atoms. The van der Waals surface area contributed by atoms with Crippen LogP contribution in [0.1, 0.15) is 17.4 Å². The number of halogens is 1. The highest BCUT2D eigenvalue weighted by atomic mass is 35.5. The van der Waals surface area contributed by atoms with Gasteiger partial charge < -0.3 is 4.42 Å². The molecule has 0 atom stereocenters. The summed E-state index contributed by atoms with van der Waals surface area (Å²) in [7, 11) is 0. The first kappa shape index (κ1) is 11.2. The van der Waals surface area contributed by atoms with E-state index in [-0.39, 0.29) is 0 Å². The number of aryl methyl sites for hydroxylation is 3. The first-order chi connectivity index (χ1) is 8.74. The van der Waals surface area contributed by atoms with Crippen LogP contribution < -0.4 is 0 Å². The first-order valence-corrected chi connectivity index (χ1v) is 6.01. The van der Waals surface area contributed by atoms with E-state index in [1.807, 2.05) is 23.5 Å². The number of hydrogen-bond donors (Lipinski definition) is 0. The molecular formula is C12H11ClN4O. The third kappa shape index (κ3) is 1.97. The van der Waals surface area contributed by atoms with Crippen LogP contribution in [0.15, 0.2) is 28.9 Å². The summed E-state index contributed by atoms with van der Waals surface area (Å²) in [5.41, 5.74) is 0.724. The Balaban J connectivity index is 1.93. The Bertz CT molecular complexity index is 675. The van der Waals surface area contributed by atoms with Crippen molar-refractivity contribution in [2.45, 2.75) is 19.8 Å². The molecule has 0 radical (unpaired) electrons. The van der Waals surface area contributed by atoms with Crippen molar-refractivity contribution in [2.75, 3.05) is 0 Å². The van der Waals surface area contributed by atoms with Crippen LogP contribution in [0.3, 0.4) is 0 Å². The molecule has 0 unspecified atom stereocenters. The summed E-state index contributed by atoms with van der Waals surface area (Å²) in [6.45, 7) is 1.89. The van der Waals surface area contributed by atoms with Crippen LogP contribution in [-0.2, 0) is 12.8 Å². The van der Waals surface area contributed by atoms with Crippen LogP contribution in [0.25, 0.3) is 5.65 Å². The first-order valence-electron chi connectivity index (χ1n) is 5.63. The third-order valence-electron chi connectivity index (χ3n) is 2.77. The zero-order valence-electron chi connectivity index (χ0n) is 9.80. The maximum absolute atomic E-state index is 5.88. The minimum atomic E-state index is 0.435. The minimum absolute atomic E-state index is 0.435. The molecule has 0 aromatic carbocycles. The summed E-state index contributed by atoms with van der Waals surface area (Å²) < 4.78 is 7.21. The number of furan rings is 1. The highest BCUT2D eigenvalue weighted by Crippen LogP contribution is 2.13. The Morgan fingerprint density at radius 2 is 2.22 bits per heavy atom. The summed E-state index contributed by atoms with van der Waals surface area (Å²) in [5.74, 6) is 2.59. The Kier molecular flexibility index (Phi) is 2.76. The molecule has 0 aliphatic heterocycles. The monoisotopic (exact) mass is 262 g/mol. The summed E-state index contributed by atoms with van der Waals surface area (Å²) in [6.07, 6.45) is 3.21. The maximum atomic E-state index is 5.88. The Labute approximate surface area is 108 Å². The lowest BCUT2D eigenvalue weighted by atomic mass is 10.2. The second kappa shape index (κ2) is 4.42. The highest BCUT2D eigenvalue weighted by Gasteiger charge is 2.10. The van der Waals surface area contributed by atoms with Gasteiger partial charge in [-0.15, -0.1) is 10.2 Å². The van der Waals surface area contributed by atoms with E-state index in [0.29, 0.717) is 5.15 Å². The SMILES string of the molecule is Cc1nc(Cl)cc2nnc(CCc3ccco3)n12. The molecule has 0 amide bonds. The number of nitrogens with zero attached hydrogens (tertiary/aromatic N) is 4. The van der Waals surface area contributed by atoms with Gasteiger partial charge in [0, 0.05) is 18.9 Å². The van der Waals surface area contributed by atoms with E-state index >= 15 is 0 Å². The number of hydrogen-bond acceptors (Lipinski definition) is 4. The minimum Gasteiger partial charge on any atom is -0.469 e. The highest BCUT2D eigenvalue weighted by molar-refractivity contribution is 6.29. The van der Waals surface area contributed by atoms with Gasteiger partial charge in [0.15, 0.2) is 5.65 Å². The van der Waals surface area contributed by atoms with E-state index in [1.54, 1.807) is 12.3 Å². The molecule has 3 aromatic rings. The van der Waals surface area contributed by atoms with Crippen molar-refractivity contribution in [2.24, 2.45) is 0 Å². The van der Waals surface area contributed by atoms with Gasteiger partial charge in [0.05, 0.1) is 6.26 Å². The van der Waals surface area contributed by atoms with Crippen LogP contribution in [0.2, 0.25) is 5.15 Å². The summed E-state index contributed by atoms with van der Waals surface area (Å²) in [4.78, 5) is 4.20. The normalized spacial score (nSPS) is 11.2. The second-order valence-corrected chi connectivity index (χ2v) is 4.40. The van der Waals surface area contributed by atoms with E-state index in [2.05, 4.69) is 15.2 Å². The van der Waals surface area contributed by atoms with Gasteiger partial charge in [-0.05, 0) is 19.1 Å². The van der Waals surface area contributed by atoms with E-state index in [0.717, 1.165) is 35.9 Å². The molecule has 0 aliphatic rings. The van der Waals surface area contributed by atoms with Crippen molar-refractivity contribution < 1.29 is 4.42 Å². The van der Waals surface area contributed by atoms with Gasteiger partial charge in [0.1, 0.15) is 22.6 Å². The van der Waals surface area contributed by atoms with E-state index in [4.69, 9.17) is 16.0 Å². The summed E-state index contributed by atoms with van der Waals surface area (Å²) >= 11 is 5.88. The van der Waals surface area contributed by atoms with Crippen molar-refractivity contribution in [3.8, 4) is 0 Å². The van der Waals surface area contributed by atoms with Crippen LogP contribution in [0, 0.1) is 6.92 Å². The summed E-state index contributed by atoms with van der Waals surface area (Å²) in [5, 5.41) is 8.70. The van der Waals surface area contributed by atoms with Gasteiger partial charge in [-0.25, -0.2) is 4.98 Å². The molecule has 0 N–H and O–H groups in total. The Morgan fingerprint density at radius 1 is 1.33 bits per heavy atom. The van der Waals surface area contributed by atoms with Crippen LogP contribution in [0.5, 0.6) is 0 Å². The van der Waals surface area contributed by atoms with Gasteiger partial charge in [-0.3, -0.25) is 4.40 Å². The largest absolute Gasteiger partial charge is 0.469 e. The molecular weight excluding hydrogens is 252 g/mol. The van der Waals surface area contributed by atoms with E-state index in [1.165, 1.54) is 0 Å². The molecule has 3 rings (SSSR count). The fourth-order valence-electron chi connectivity index (χ4n) is 1.97. The number of aromatic nitrogens is 4.